The Morgan fingerprint density at radius 3 is 2.74 bits per heavy atom. The minimum Gasteiger partial charge on any atom is -0.503 e. The molecule has 0 fully saturated rings. The van der Waals surface area contributed by atoms with Crippen molar-refractivity contribution in [3.8, 4) is 0 Å². The lowest BCUT2D eigenvalue weighted by Crippen LogP contribution is -2.32. The van der Waals surface area contributed by atoms with Gasteiger partial charge in [-0.05, 0) is 38.0 Å². The van der Waals surface area contributed by atoms with Crippen molar-refractivity contribution >= 4 is 34.6 Å². The smallest absolute Gasteiger partial charge is 0.290 e. The van der Waals surface area contributed by atoms with E-state index >= 15 is 0 Å². The number of aromatic nitrogens is 3. The molecular weight excluding hydrogens is 436 g/mol. The molecule has 0 spiro atoms. The molecule has 1 amide bonds. The number of amides is 1. The van der Waals surface area contributed by atoms with E-state index in [1.165, 1.54) is 16.2 Å². The highest BCUT2D eigenvalue weighted by atomic mass is 35.5. The number of hydrogen-bond acceptors (Lipinski definition) is 6. The Balaban J connectivity index is 1.70. The molecule has 2 aromatic heterocycles. The Bertz CT molecular complexity index is 1170. The lowest BCUT2D eigenvalue weighted by Gasteiger charge is -2.27. The molecule has 160 valence electrons. The summed E-state index contributed by atoms with van der Waals surface area (Å²) in [4.78, 5) is 36.8. The van der Waals surface area contributed by atoms with E-state index in [9.17, 15) is 14.7 Å². The molecule has 1 aromatic carbocycles. The molecule has 1 atom stereocenters. The van der Waals surface area contributed by atoms with Gasteiger partial charge in [-0.2, -0.15) is 0 Å². The van der Waals surface area contributed by atoms with Crippen LogP contribution in [0.15, 0.2) is 54.3 Å². The summed E-state index contributed by atoms with van der Waals surface area (Å²) in [6.07, 6.45) is 5.88. The quantitative estimate of drug-likeness (QED) is 0.536. The largest absolute Gasteiger partial charge is 0.503 e. The van der Waals surface area contributed by atoms with Crippen LogP contribution in [0.4, 0.5) is 0 Å². The number of aryl methyl sites for hydroxylation is 3. The molecule has 9 heteroatoms. The molecule has 0 saturated carbocycles. The van der Waals surface area contributed by atoms with Crippen molar-refractivity contribution < 1.29 is 14.7 Å². The summed E-state index contributed by atoms with van der Waals surface area (Å²) >= 11 is 7.46. The maximum Gasteiger partial charge on any atom is 0.290 e. The monoisotopic (exact) mass is 456 g/mol. The molecule has 1 N–H and O–H groups in total. The molecule has 0 aliphatic carbocycles. The summed E-state index contributed by atoms with van der Waals surface area (Å²) in [5.74, 6) is -1.45. The first kappa shape index (κ1) is 21.3. The van der Waals surface area contributed by atoms with Gasteiger partial charge in [0.15, 0.2) is 5.76 Å². The fraction of sp³-hybridized carbons (Fsp3) is 0.273. The van der Waals surface area contributed by atoms with Crippen molar-refractivity contribution in [2.75, 3.05) is 6.54 Å². The number of rotatable bonds is 7. The van der Waals surface area contributed by atoms with Gasteiger partial charge in [0.2, 0.25) is 5.78 Å². The molecule has 1 aliphatic rings. The van der Waals surface area contributed by atoms with Crippen LogP contribution < -0.4 is 0 Å². The van der Waals surface area contributed by atoms with Crippen LogP contribution in [-0.4, -0.2) is 42.8 Å². The van der Waals surface area contributed by atoms with Crippen LogP contribution in [-0.2, 0) is 11.3 Å². The van der Waals surface area contributed by atoms with Crippen LogP contribution >= 0.6 is 22.9 Å². The fourth-order valence-electron chi connectivity index (χ4n) is 3.85. The SMILES string of the molecule is Cc1nc(C)c(C(=O)C2=C(O)C(=O)N(CCCn3ccnc3)[C@@H]2c2cccc(Cl)c2)s1. The van der Waals surface area contributed by atoms with E-state index in [-0.39, 0.29) is 11.4 Å². The molecule has 0 saturated heterocycles. The first-order chi connectivity index (χ1) is 14.9. The molecule has 7 nitrogen and oxygen atoms in total. The molecule has 1 aliphatic heterocycles. The number of Topliss-reactive ketones (excluding diaryl/α,β-unsaturated/α-hetero) is 1. The first-order valence-electron chi connectivity index (χ1n) is 9.81. The van der Waals surface area contributed by atoms with E-state index in [0.717, 1.165) is 5.01 Å². The van der Waals surface area contributed by atoms with Gasteiger partial charge in [0.05, 0.1) is 33.5 Å². The third-order valence-corrected chi connectivity index (χ3v) is 6.50. The number of thiazole rings is 1. The second kappa shape index (κ2) is 8.64. The summed E-state index contributed by atoms with van der Waals surface area (Å²) < 4.78 is 1.91. The van der Waals surface area contributed by atoms with Crippen molar-refractivity contribution in [3.63, 3.8) is 0 Å². The van der Waals surface area contributed by atoms with Crippen molar-refractivity contribution in [3.05, 3.63) is 80.5 Å². The Labute approximate surface area is 188 Å². The van der Waals surface area contributed by atoms with Crippen LogP contribution in [0.1, 0.15) is 38.4 Å². The Kier molecular flexibility index (Phi) is 5.93. The Morgan fingerprint density at radius 1 is 1.29 bits per heavy atom. The van der Waals surface area contributed by atoms with E-state index in [1.807, 2.05) is 23.8 Å². The number of halogens is 1. The maximum atomic E-state index is 13.4. The zero-order valence-corrected chi connectivity index (χ0v) is 18.7. The van der Waals surface area contributed by atoms with Crippen LogP contribution in [0.25, 0.3) is 0 Å². The van der Waals surface area contributed by atoms with Crippen molar-refractivity contribution in [1.82, 2.24) is 19.4 Å². The minimum atomic E-state index is -0.719. The second-order valence-electron chi connectivity index (χ2n) is 7.35. The summed E-state index contributed by atoms with van der Waals surface area (Å²) in [5.41, 5.74) is 1.33. The molecule has 0 radical (unpaired) electrons. The first-order valence-corrected chi connectivity index (χ1v) is 11.0. The average molecular weight is 457 g/mol. The van der Waals surface area contributed by atoms with Crippen molar-refractivity contribution in [1.29, 1.82) is 0 Å². The normalized spacial score (nSPS) is 16.4. The zero-order chi connectivity index (χ0) is 22.1. The highest BCUT2D eigenvalue weighted by molar-refractivity contribution is 7.14. The number of hydrogen-bond donors (Lipinski definition) is 1. The van der Waals surface area contributed by atoms with Gasteiger partial charge < -0.3 is 14.6 Å². The van der Waals surface area contributed by atoms with E-state index in [0.29, 0.717) is 40.7 Å². The Morgan fingerprint density at radius 2 is 2.10 bits per heavy atom. The van der Waals surface area contributed by atoms with Crippen LogP contribution in [0.3, 0.4) is 0 Å². The van der Waals surface area contributed by atoms with Crippen molar-refractivity contribution in [2.24, 2.45) is 0 Å². The molecular formula is C22H21ClN4O3S. The highest BCUT2D eigenvalue weighted by Gasteiger charge is 2.44. The van der Waals surface area contributed by atoms with Crippen LogP contribution in [0.5, 0.6) is 0 Å². The molecule has 3 heterocycles. The lowest BCUT2D eigenvalue weighted by molar-refractivity contribution is -0.129. The summed E-state index contributed by atoms with van der Waals surface area (Å²) in [5, 5.41) is 12.0. The van der Waals surface area contributed by atoms with Gasteiger partial charge in [0.25, 0.3) is 5.91 Å². The van der Waals surface area contributed by atoms with Crippen LogP contribution in [0.2, 0.25) is 5.02 Å². The predicted molar refractivity (Wildman–Crippen MR) is 118 cm³/mol. The lowest BCUT2D eigenvalue weighted by atomic mass is 9.95. The summed E-state index contributed by atoms with van der Waals surface area (Å²) in [6.45, 7) is 4.58. The summed E-state index contributed by atoms with van der Waals surface area (Å²) in [6, 6.07) is 6.31. The van der Waals surface area contributed by atoms with Gasteiger partial charge in [0.1, 0.15) is 0 Å². The van der Waals surface area contributed by atoms with E-state index in [2.05, 4.69) is 9.97 Å². The summed E-state index contributed by atoms with van der Waals surface area (Å²) in [7, 11) is 0. The van der Waals surface area contributed by atoms with Gasteiger partial charge >= 0.3 is 0 Å². The number of imidazole rings is 1. The fourth-order valence-corrected chi connectivity index (χ4v) is 4.92. The number of nitrogens with zero attached hydrogens (tertiary/aromatic N) is 4. The maximum absolute atomic E-state index is 13.4. The van der Waals surface area contributed by atoms with Crippen LogP contribution in [0, 0.1) is 13.8 Å². The number of benzene rings is 1. The third-order valence-electron chi connectivity index (χ3n) is 5.20. The zero-order valence-electron chi connectivity index (χ0n) is 17.1. The molecule has 0 bridgehead atoms. The Hall–Kier alpha value is -2.97. The number of carbonyl (C=O) groups is 2. The van der Waals surface area contributed by atoms with Gasteiger partial charge in [-0.15, -0.1) is 11.3 Å². The molecule has 4 rings (SSSR count). The number of ketones is 1. The standard InChI is InChI=1S/C22H21ClN4O3S/c1-13-21(31-14(2)25-13)19(28)17-18(15-5-3-6-16(23)11-15)27(22(30)20(17)29)9-4-8-26-10-7-24-12-26/h3,5-7,10-12,18,29H,4,8-9H2,1-2H3/t18-/m1/s1. The van der Waals surface area contributed by atoms with Gasteiger partial charge in [-0.25, -0.2) is 9.97 Å². The van der Waals surface area contributed by atoms with Gasteiger partial charge in [-0.1, -0.05) is 23.7 Å². The minimum absolute atomic E-state index is 0.0710. The van der Waals surface area contributed by atoms with E-state index < -0.39 is 17.7 Å². The van der Waals surface area contributed by atoms with Crippen molar-refractivity contribution in [2.45, 2.75) is 32.9 Å². The number of aliphatic hydroxyl groups excluding tert-OH is 1. The topological polar surface area (TPSA) is 88.3 Å². The average Bonchev–Trinajstić information content (AvgIpc) is 3.42. The van der Waals surface area contributed by atoms with E-state index in [4.69, 9.17) is 11.6 Å². The third kappa shape index (κ3) is 4.13. The van der Waals surface area contributed by atoms with E-state index in [1.54, 1.807) is 37.6 Å². The molecule has 31 heavy (non-hydrogen) atoms. The molecule has 3 aromatic rings. The molecule has 0 unspecified atom stereocenters. The predicted octanol–water partition coefficient (Wildman–Crippen LogP) is 4.28. The number of aliphatic hydroxyl groups is 1. The van der Waals surface area contributed by atoms with Gasteiger partial charge in [0, 0.05) is 30.5 Å². The number of carbonyl (C=O) groups excluding carboxylic acids is 2. The highest BCUT2D eigenvalue weighted by Crippen LogP contribution is 2.40. The second-order valence-corrected chi connectivity index (χ2v) is 8.99. The van der Waals surface area contributed by atoms with Gasteiger partial charge in [-0.3, -0.25) is 9.59 Å².